The van der Waals surface area contributed by atoms with Gasteiger partial charge in [0.15, 0.2) is 10.9 Å². The van der Waals surface area contributed by atoms with Gasteiger partial charge < -0.3 is 9.64 Å². The van der Waals surface area contributed by atoms with Gasteiger partial charge in [0.1, 0.15) is 0 Å². The maximum absolute atomic E-state index is 12.7. The number of thioether (sulfide) groups is 1. The third-order valence-corrected chi connectivity index (χ3v) is 5.81. The molecule has 2 aromatic rings. The Kier molecular flexibility index (Phi) is 5.00. The van der Waals surface area contributed by atoms with Crippen LogP contribution in [-0.4, -0.2) is 52.6 Å². The van der Waals surface area contributed by atoms with Gasteiger partial charge in [-0.3, -0.25) is 9.36 Å². The third-order valence-electron chi connectivity index (χ3n) is 4.87. The van der Waals surface area contributed by atoms with Crippen LogP contribution in [0.15, 0.2) is 23.4 Å². The Morgan fingerprint density at radius 3 is 2.69 bits per heavy atom. The molecule has 6 nitrogen and oxygen atoms in total. The minimum Gasteiger partial charge on any atom is -0.378 e. The van der Waals surface area contributed by atoms with Crippen LogP contribution < -0.4 is 4.90 Å². The van der Waals surface area contributed by atoms with Crippen molar-refractivity contribution in [2.24, 2.45) is 0 Å². The summed E-state index contributed by atoms with van der Waals surface area (Å²) in [4.78, 5) is 14.9. The van der Waals surface area contributed by atoms with Crippen LogP contribution in [0.4, 0.5) is 5.95 Å². The molecular formula is C19H24N4O2S. The summed E-state index contributed by atoms with van der Waals surface area (Å²) in [6, 6.07) is 6.45. The number of carbonyl (C=O) groups excluding carboxylic acids is 1. The first-order chi connectivity index (χ1) is 12.6. The van der Waals surface area contributed by atoms with E-state index in [1.165, 1.54) is 17.3 Å². The summed E-state index contributed by atoms with van der Waals surface area (Å²) in [5.41, 5.74) is 3.01. The maximum atomic E-state index is 12.7. The molecule has 1 aliphatic carbocycles. The predicted molar refractivity (Wildman–Crippen MR) is 102 cm³/mol. The Bertz CT molecular complexity index is 810. The molecule has 7 heteroatoms. The number of nitrogens with zero attached hydrogens (tertiary/aromatic N) is 4. The van der Waals surface area contributed by atoms with Gasteiger partial charge in [0.25, 0.3) is 0 Å². The Morgan fingerprint density at radius 2 is 2.00 bits per heavy atom. The number of anilines is 1. The second-order valence-electron chi connectivity index (χ2n) is 7.01. The number of rotatable bonds is 6. The van der Waals surface area contributed by atoms with E-state index in [1.54, 1.807) is 0 Å². The van der Waals surface area contributed by atoms with Crippen LogP contribution in [0.25, 0.3) is 0 Å². The summed E-state index contributed by atoms with van der Waals surface area (Å²) in [6.07, 6.45) is 2.32. The summed E-state index contributed by atoms with van der Waals surface area (Å²) in [5.74, 6) is 1.46. The van der Waals surface area contributed by atoms with Crippen LogP contribution in [0.2, 0.25) is 0 Å². The number of Topliss-reactive ketones (excluding diaryl/α,β-unsaturated/α-hetero) is 1. The molecule has 2 heterocycles. The molecule has 2 fully saturated rings. The lowest BCUT2D eigenvalue weighted by molar-refractivity contribution is 0.102. The van der Waals surface area contributed by atoms with Crippen molar-refractivity contribution in [3.8, 4) is 0 Å². The van der Waals surface area contributed by atoms with E-state index in [4.69, 9.17) is 4.74 Å². The van der Waals surface area contributed by atoms with Gasteiger partial charge >= 0.3 is 0 Å². The van der Waals surface area contributed by atoms with Crippen molar-refractivity contribution in [3.63, 3.8) is 0 Å². The van der Waals surface area contributed by atoms with Gasteiger partial charge in [0.2, 0.25) is 5.95 Å². The number of carbonyl (C=O) groups is 1. The molecule has 0 amide bonds. The number of hydrogen-bond donors (Lipinski definition) is 0. The normalized spacial score (nSPS) is 17.5. The molecule has 0 unspecified atom stereocenters. The Labute approximate surface area is 157 Å². The van der Waals surface area contributed by atoms with Gasteiger partial charge in [0, 0.05) is 24.7 Å². The largest absolute Gasteiger partial charge is 0.378 e. The highest BCUT2D eigenvalue weighted by Gasteiger charge is 2.32. The summed E-state index contributed by atoms with van der Waals surface area (Å²) >= 11 is 1.50. The topological polar surface area (TPSA) is 60.3 Å². The average molecular weight is 372 g/mol. The summed E-state index contributed by atoms with van der Waals surface area (Å²) in [5, 5.41) is 9.68. The maximum Gasteiger partial charge on any atom is 0.228 e. The lowest BCUT2D eigenvalue weighted by atomic mass is 10.0. The molecule has 0 atom stereocenters. The van der Waals surface area contributed by atoms with Crippen LogP contribution in [-0.2, 0) is 4.74 Å². The monoisotopic (exact) mass is 372 g/mol. The minimum absolute atomic E-state index is 0.144. The molecule has 1 aliphatic heterocycles. The van der Waals surface area contributed by atoms with E-state index < -0.39 is 0 Å². The van der Waals surface area contributed by atoms with Crippen molar-refractivity contribution < 1.29 is 9.53 Å². The fraction of sp³-hybridized carbons (Fsp3) is 0.526. The van der Waals surface area contributed by atoms with E-state index in [1.807, 2.05) is 26.0 Å². The minimum atomic E-state index is 0.144. The highest BCUT2D eigenvalue weighted by Crippen LogP contribution is 2.41. The summed E-state index contributed by atoms with van der Waals surface area (Å²) in [6.45, 7) is 7.18. The van der Waals surface area contributed by atoms with Crippen molar-refractivity contribution in [1.29, 1.82) is 0 Å². The van der Waals surface area contributed by atoms with E-state index in [0.717, 1.165) is 61.4 Å². The number of hydrogen-bond acceptors (Lipinski definition) is 6. The molecule has 1 saturated heterocycles. The number of ketones is 1. The zero-order valence-electron chi connectivity index (χ0n) is 15.3. The van der Waals surface area contributed by atoms with Crippen molar-refractivity contribution in [3.05, 3.63) is 34.9 Å². The summed E-state index contributed by atoms with van der Waals surface area (Å²) < 4.78 is 7.67. The van der Waals surface area contributed by atoms with E-state index in [9.17, 15) is 4.79 Å². The fourth-order valence-corrected chi connectivity index (χ4v) is 4.22. The standard InChI is InChI=1S/C19H24N4O2S/c1-13-3-6-16(14(2)11-13)17(24)12-26-19-21-20-18(23(19)15-4-5-15)22-7-9-25-10-8-22/h3,6,11,15H,4-5,7-10,12H2,1-2H3. The van der Waals surface area contributed by atoms with E-state index in [2.05, 4.69) is 25.7 Å². The molecule has 1 aromatic heterocycles. The first-order valence-corrected chi connectivity index (χ1v) is 10.1. The number of aromatic nitrogens is 3. The molecule has 0 N–H and O–H groups in total. The molecule has 1 saturated carbocycles. The van der Waals surface area contributed by atoms with Crippen molar-refractivity contribution >= 4 is 23.5 Å². The quantitative estimate of drug-likeness (QED) is 0.574. The fourth-order valence-electron chi connectivity index (χ4n) is 3.33. The Balaban J connectivity index is 1.49. The van der Waals surface area contributed by atoms with Crippen molar-refractivity contribution in [2.75, 3.05) is 37.0 Å². The molecule has 2 aliphatic rings. The highest BCUT2D eigenvalue weighted by atomic mass is 32.2. The smallest absolute Gasteiger partial charge is 0.228 e. The van der Waals surface area contributed by atoms with Gasteiger partial charge in [-0.05, 0) is 32.3 Å². The average Bonchev–Trinajstić information content (AvgIpc) is 3.39. The molecule has 26 heavy (non-hydrogen) atoms. The van der Waals surface area contributed by atoms with Gasteiger partial charge in [-0.15, -0.1) is 10.2 Å². The number of ether oxygens (including phenoxy) is 1. The van der Waals surface area contributed by atoms with Crippen molar-refractivity contribution in [2.45, 2.75) is 37.9 Å². The SMILES string of the molecule is Cc1ccc(C(=O)CSc2nnc(N3CCOCC3)n2C2CC2)c(C)c1. The first-order valence-electron chi connectivity index (χ1n) is 9.14. The van der Waals surface area contributed by atoms with Gasteiger partial charge in [-0.1, -0.05) is 35.5 Å². The predicted octanol–water partition coefficient (Wildman–Crippen LogP) is 3.04. The zero-order valence-corrected chi connectivity index (χ0v) is 16.1. The molecule has 0 radical (unpaired) electrons. The molecule has 4 rings (SSSR count). The Morgan fingerprint density at radius 1 is 1.23 bits per heavy atom. The number of benzene rings is 1. The number of morpholine rings is 1. The lowest BCUT2D eigenvalue weighted by Crippen LogP contribution is -2.38. The Hall–Kier alpha value is -1.86. The van der Waals surface area contributed by atoms with Crippen LogP contribution in [0.3, 0.4) is 0 Å². The first kappa shape index (κ1) is 17.5. The molecule has 1 aromatic carbocycles. The molecule has 0 bridgehead atoms. The van der Waals surface area contributed by atoms with E-state index >= 15 is 0 Å². The van der Waals surface area contributed by atoms with E-state index in [0.29, 0.717) is 11.8 Å². The number of aryl methyl sites for hydroxylation is 2. The zero-order chi connectivity index (χ0) is 18.1. The summed E-state index contributed by atoms with van der Waals surface area (Å²) in [7, 11) is 0. The molecular weight excluding hydrogens is 348 g/mol. The molecule has 138 valence electrons. The second kappa shape index (κ2) is 7.40. The van der Waals surface area contributed by atoms with Gasteiger partial charge in [-0.25, -0.2) is 0 Å². The van der Waals surface area contributed by atoms with Crippen LogP contribution in [0, 0.1) is 13.8 Å². The highest BCUT2D eigenvalue weighted by molar-refractivity contribution is 7.99. The van der Waals surface area contributed by atoms with Crippen LogP contribution in [0.5, 0.6) is 0 Å². The van der Waals surface area contributed by atoms with Gasteiger partial charge in [-0.2, -0.15) is 0 Å². The molecule has 0 spiro atoms. The lowest BCUT2D eigenvalue weighted by Gasteiger charge is -2.27. The van der Waals surface area contributed by atoms with E-state index in [-0.39, 0.29) is 5.78 Å². The van der Waals surface area contributed by atoms with Crippen LogP contribution >= 0.6 is 11.8 Å². The second-order valence-corrected chi connectivity index (χ2v) is 7.96. The third kappa shape index (κ3) is 3.64. The van der Waals surface area contributed by atoms with Crippen molar-refractivity contribution in [1.82, 2.24) is 14.8 Å². The van der Waals surface area contributed by atoms with Gasteiger partial charge in [0.05, 0.1) is 19.0 Å². The van der Waals surface area contributed by atoms with Crippen LogP contribution in [0.1, 0.15) is 40.4 Å².